The van der Waals surface area contributed by atoms with Crippen molar-refractivity contribution >= 4 is 22.9 Å². The van der Waals surface area contributed by atoms with E-state index in [4.69, 9.17) is 11.6 Å². The van der Waals surface area contributed by atoms with Crippen LogP contribution in [-0.4, -0.2) is 12.1 Å². The number of rotatable bonds is 4. The summed E-state index contributed by atoms with van der Waals surface area (Å²) in [5.74, 6) is 0. The summed E-state index contributed by atoms with van der Waals surface area (Å²) in [5.41, 5.74) is 0. The molecule has 0 aromatic carbocycles. The summed E-state index contributed by atoms with van der Waals surface area (Å²) in [4.78, 5) is 1.38. The van der Waals surface area contributed by atoms with Crippen LogP contribution in [0.2, 0.25) is 4.34 Å². The summed E-state index contributed by atoms with van der Waals surface area (Å²) >= 11 is 7.55. The summed E-state index contributed by atoms with van der Waals surface area (Å²) in [6.45, 7) is 2.24. The smallest absolute Gasteiger partial charge is 0.0931 e. The minimum atomic E-state index is 0.585. The molecular formula is C10H14ClNS. The van der Waals surface area contributed by atoms with E-state index in [1.54, 1.807) is 11.3 Å². The zero-order chi connectivity index (χ0) is 9.26. The maximum Gasteiger partial charge on any atom is 0.0931 e. The van der Waals surface area contributed by atoms with Gasteiger partial charge < -0.3 is 5.32 Å². The van der Waals surface area contributed by atoms with E-state index in [2.05, 4.69) is 18.3 Å². The van der Waals surface area contributed by atoms with Crippen LogP contribution in [0.4, 0.5) is 0 Å². The molecule has 0 amide bonds. The molecule has 0 bridgehead atoms. The van der Waals surface area contributed by atoms with E-state index in [0.29, 0.717) is 6.04 Å². The molecule has 1 fully saturated rings. The molecule has 1 nitrogen and oxygen atoms in total. The number of hydrogen-bond donors (Lipinski definition) is 1. The second-order valence-corrected chi connectivity index (χ2v) is 5.55. The molecule has 1 N–H and O–H groups in total. The van der Waals surface area contributed by atoms with Gasteiger partial charge >= 0.3 is 0 Å². The lowest BCUT2D eigenvalue weighted by Gasteiger charge is -2.11. The Labute approximate surface area is 88.1 Å². The predicted molar refractivity (Wildman–Crippen MR) is 58.7 cm³/mol. The first-order valence-corrected chi connectivity index (χ1v) is 5.94. The van der Waals surface area contributed by atoms with E-state index >= 15 is 0 Å². The molecule has 2 rings (SSSR count). The average Bonchev–Trinajstić information content (AvgIpc) is 2.76. The van der Waals surface area contributed by atoms with Gasteiger partial charge in [0.25, 0.3) is 0 Å². The van der Waals surface area contributed by atoms with Crippen molar-refractivity contribution in [1.29, 1.82) is 0 Å². The molecule has 3 heteroatoms. The fourth-order valence-electron chi connectivity index (χ4n) is 1.47. The molecule has 1 unspecified atom stereocenters. The average molecular weight is 216 g/mol. The highest BCUT2D eigenvalue weighted by molar-refractivity contribution is 7.16. The second kappa shape index (κ2) is 3.99. The summed E-state index contributed by atoms with van der Waals surface area (Å²) in [5, 5.41) is 3.58. The molecule has 13 heavy (non-hydrogen) atoms. The van der Waals surface area contributed by atoms with Crippen LogP contribution in [0.1, 0.15) is 24.6 Å². The maximum atomic E-state index is 5.86. The maximum absolute atomic E-state index is 5.86. The highest BCUT2D eigenvalue weighted by Gasteiger charge is 2.22. The van der Waals surface area contributed by atoms with Crippen LogP contribution >= 0.6 is 22.9 Å². The minimum absolute atomic E-state index is 0.585. The van der Waals surface area contributed by atoms with Crippen LogP contribution in [0, 0.1) is 0 Å². The SMILES string of the molecule is CC(Cc1ccc(Cl)s1)NC1CC1. The first kappa shape index (κ1) is 9.50. The summed E-state index contributed by atoms with van der Waals surface area (Å²) in [6, 6.07) is 5.48. The monoisotopic (exact) mass is 215 g/mol. The van der Waals surface area contributed by atoms with Gasteiger partial charge in [0.15, 0.2) is 0 Å². The van der Waals surface area contributed by atoms with Crippen LogP contribution < -0.4 is 5.32 Å². The van der Waals surface area contributed by atoms with Gasteiger partial charge in [-0.1, -0.05) is 11.6 Å². The zero-order valence-electron chi connectivity index (χ0n) is 7.72. The van der Waals surface area contributed by atoms with Gasteiger partial charge in [0.2, 0.25) is 0 Å². The van der Waals surface area contributed by atoms with E-state index in [1.807, 2.05) is 6.07 Å². The lowest BCUT2D eigenvalue weighted by atomic mass is 10.2. The second-order valence-electron chi connectivity index (χ2n) is 3.75. The first-order chi connectivity index (χ1) is 6.24. The number of hydrogen-bond acceptors (Lipinski definition) is 2. The first-order valence-electron chi connectivity index (χ1n) is 4.74. The van der Waals surface area contributed by atoms with Gasteiger partial charge in [0.05, 0.1) is 4.34 Å². The Kier molecular flexibility index (Phi) is 2.92. The number of thiophene rings is 1. The van der Waals surface area contributed by atoms with Crippen molar-refractivity contribution in [3.63, 3.8) is 0 Å². The molecule has 0 spiro atoms. The fourth-order valence-corrected chi connectivity index (χ4v) is 2.69. The van der Waals surface area contributed by atoms with E-state index < -0.39 is 0 Å². The number of nitrogens with one attached hydrogen (secondary N) is 1. The van der Waals surface area contributed by atoms with Crippen molar-refractivity contribution in [3.05, 3.63) is 21.3 Å². The molecule has 1 heterocycles. The standard InChI is InChI=1S/C10H14ClNS/c1-7(12-8-2-3-8)6-9-4-5-10(11)13-9/h4-5,7-8,12H,2-3,6H2,1H3. The van der Waals surface area contributed by atoms with Gasteiger partial charge in [-0.05, 0) is 38.3 Å². The highest BCUT2D eigenvalue weighted by Crippen LogP contribution is 2.24. The lowest BCUT2D eigenvalue weighted by Crippen LogP contribution is -2.29. The largest absolute Gasteiger partial charge is 0.311 e. The molecule has 72 valence electrons. The van der Waals surface area contributed by atoms with Crippen LogP contribution in [0.3, 0.4) is 0 Å². The molecule has 0 radical (unpaired) electrons. The van der Waals surface area contributed by atoms with E-state index in [1.165, 1.54) is 17.7 Å². The van der Waals surface area contributed by atoms with Crippen LogP contribution in [0.5, 0.6) is 0 Å². The van der Waals surface area contributed by atoms with Gasteiger partial charge in [0, 0.05) is 17.0 Å². The molecule has 0 aliphatic heterocycles. The Morgan fingerprint density at radius 3 is 2.92 bits per heavy atom. The van der Waals surface area contributed by atoms with Crippen molar-refractivity contribution in [3.8, 4) is 0 Å². The van der Waals surface area contributed by atoms with Gasteiger partial charge in [0.1, 0.15) is 0 Å². The van der Waals surface area contributed by atoms with Crippen molar-refractivity contribution in [2.75, 3.05) is 0 Å². The zero-order valence-corrected chi connectivity index (χ0v) is 9.29. The third-order valence-electron chi connectivity index (χ3n) is 2.23. The topological polar surface area (TPSA) is 12.0 Å². The van der Waals surface area contributed by atoms with Gasteiger partial charge in [-0.25, -0.2) is 0 Å². The van der Waals surface area contributed by atoms with Gasteiger partial charge in [-0.2, -0.15) is 0 Å². The lowest BCUT2D eigenvalue weighted by molar-refractivity contribution is 0.546. The summed E-state index contributed by atoms with van der Waals surface area (Å²) in [7, 11) is 0. The Hall–Kier alpha value is -0.0500. The molecule has 1 aromatic heterocycles. The molecule has 1 aliphatic rings. The van der Waals surface area contributed by atoms with Crippen molar-refractivity contribution in [2.45, 2.75) is 38.3 Å². The van der Waals surface area contributed by atoms with Gasteiger partial charge in [-0.15, -0.1) is 11.3 Å². The Balaban J connectivity index is 1.82. The van der Waals surface area contributed by atoms with Gasteiger partial charge in [-0.3, -0.25) is 0 Å². The summed E-state index contributed by atoms with van der Waals surface area (Å²) in [6.07, 6.45) is 3.82. The minimum Gasteiger partial charge on any atom is -0.311 e. The third kappa shape index (κ3) is 2.97. The summed E-state index contributed by atoms with van der Waals surface area (Å²) < 4.78 is 0.897. The molecule has 0 saturated heterocycles. The Morgan fingerprint density at radius 2 is 2.38 bits per heavy atom. The molecule has 1 atom stereocenters. The van der Waals surface area contributed by atoms with Crippen LogP contribution in [0.25, 0.3) is 0 Å². The van der Waals surface area contributed by atoms with Crippen LogP contribution in [0.15, 0.2) is 12.1 Å². The van der Waals surface area contributed by atoms with E-state index in [0.717, 1.165) is 16.8 Å². The predicted octanol–water partition coefficient (Wildman–Crippen LogP) is 3.08. The quantitative estimate of drug-likeness (QED) is 0.814. The van der Waals surface area contributed by atoms with Crippen molar-refractivity contribution in [1.82, 2.24) is 5.32 Å². The third-order valence-corrected chi connectivity index (χ3v) is 3.49. The van der Waals surface area contributed by atoms with Crippen molar-refractivity contribution in [2.24, 2.45) is 0 Å². The number of halogens is 1. The van der Waals surface area contributed by atoms with E-state index in [-0.39, 0.29) is 0 Å². The molecule has 1 saturated carbocycles. The molecular weight excluding hydrogens is 202 g/mol. The fraction of sp³-hybridized carbons (Fsp3) is 0.600. The highest BCUT2D eigenvalue weighted by atomic mass is 35.5. The Bertz CT molecular complexity index is 280. The molecule has 1 aromatic rings. The molecule has 1 aliphatic carbocycles. The van der Waals surface area contributed by atoms with Crippen molar-refractivity contribution < 1.29 is 0 Å². The van der Waals surface area contributed by atoms with E-state index in [9.17, 15) is 0 Å². The van der Waals surface area contributed by atoms with Crippen LogP contribution in [-0.2, 0) is 6.42 Å². The Morgan fingerprint density at radius 1 is 1.62 bits per heavy atom. The normalized spacial score (nSPS) is 18.9.